The predicted molar refractivity (Wildman–Crippen MR) is 115 cm³/mol. The monoisotopic (exact) mass is 390 g/mol. The van der Waals surface area contributed by atoms with E-state index in [1.807, 2.05) is 24.7 Å². The molecule has 0 unspecified atom stereocenters. The van der Waals surface area contributed by atoms with Crippen LogP contribution in [0.2, 0.25) is 0 Å². The number of allylic oxidation sites excluding steroid dienone is 2. The molecular weight excluding hydrogens is 368 g/mol. The van der Waals surface area contributed by atoms with Gasteiger partial charge in [0.1, 0.15) is 10.8 Å². The number of hydrogen-bond acceptors (Lipinski definition) is 3. The minimum Gasteiger partial charge on any atom is -0.356 e. The molecule has 1 aliphatic carbocycles. The Kier molecular flexibility index (Phi) is 4.65. The Morgan fingerprint density at radius 1 is 1.11 bits per heavy atom. The highest BCUT2D eigenvalue weighted by Gasteiger charge is 2.24. The largest absolute Gasteiger partial charge is 0.356 e. The zero-order valence-electron chi connectivity index (χ0n) is 15.7. The molecule has 0 spiro atoms. The van der Waals surface area contributed by atoms with Crippen LogP contribution in [-0.4, -0.2) is 32.4 Å². The minimum atomic E-state index is 0.581. The van der Waals surface area contributed by atoms with Crippen molar-refractivity contribution in [3.05, 3.63) is 65.9 Å². The number of rotatable bonds is 3. The Bertz CT molecular complexity index is 1040. The quantitative estimate of drug-likeness (QED) is 0.580. The average molecular weight is 391 g/mol. The maximum Gasteiger partial charge on any atom is 0.137 e. The van der Waals surface area contributed by atoms with Gasteiger partial charge in [0.05, 0.1) is 0 Å². The molecule has 0 saturated heterocycles. The lowest BCUT2D eigenvalue weighted by molar-refractivity contribution is 0.227. The third kappa shape index (κ3) is 3.22. The van der Waals surface area contributed by atoms with Gasteiger partial charge in [0.25, 0.3) is 0 Å². The van der Waals surface area contributed by atoms with Crippen LogP contribution in [0, 0.1) is 0 Å². The Labute approximate surface area is 170 Å². The second-order valence-corrected chi connectivity index (χ2v) is 8.02. The maximum atomic E-state index is 6.72. The van der Waals surface area contributed by atoms with E-state index in [-0.39, 0.29) is 0 Å². The fourth-order valence-electron chi connectivity index (χ4n) is 4.39. The molecule has 1 saturated carbocycles. The zero-order chi connectivity index (χ0) is 18.9. The Morgan fingerprint density at radius 2 is 2.00 bits per heavy atom. The summed E-state index contributed by atoms with van der Waals surface area (Å²) in [6.45, 7) is 0.873. The molecule has 0 amide bonds. The highest BCUT2D eigenvalue weighted by molar-refractivity contribution is 6.30. The average Bonchev–Trinajstić information content (AvgIpc) is 3.18. The van der Waals surface area contributed by atoms with Crippen molar-refractivity contribution < 1.29 is 0 Å². The molecule has 142 valence electrons. The Morgan fingerprint density at radius 3 is 2.79 bits per heavy atom. The summed E-state index contributed by atoms with van der Waals surface area (Å²) in [4.78, 5) is 14.5. The van der Waals surface area contributed by atoms with Crippen LogP contribution in [0.25, 0.3) is 27.7 Å². The van der Waals surface area contributed by atoms with Crippen molar-refractivity contribution in [1.82, 2.24) is 19.9 Å². The summed E-state index contributed by atoms with van der Waals surface area (Å²) in [5.41, 5.74) is 5.33. The van der Waals surface area contributed by atoms with E-state index in [1.165, 1.54) is 32.1 Å². The second kappa shape index (κ2) is 7.44. The maximum absolute atomic E-state index is 6.72. The molecule has 5 heteroatoms. The van der Waals surface area contributed by atoms with Crippen LogP contribution in [0.1, 0.15) is 37.7 Å². The first-order chi connectivity index (χ1) is 13.8. The number of pyridine rings is 2. The van der Waals surface area contributed by atoms with Crippen molar-refractivity contribution in [2.45, 2.75) is 38.1 Å². The summed E-state index contributed by atoms with van der Waals surface area (Å²) in [6.07, 6.45) is 18.5. The first-order valence-corrected chi connectivity index (χ1v) is 10.4. The van der Waals surface area contributed by atoms with Gasteiger partial charge in [-0.3, -0.25) is 4.98 Å². The van der Waals surface area contributed by atoms with Gasteiger partial charge in [0.2, 0.25) is 0 Å². The van der Waals surface area contributed by atoms with Gasteiger partial charge in [-0.25, -0.2) is 4.98 Å². The number of halogens is 1. The normalized spacial score (nSPS) is 18.2. The first kappa shape index (κ1) is 17.5. The molecule has 0 bridgehead atoms. The lowest BCUT2D eigenvalue weighted by atomic mass is 9.93. The van der Waals surface area contributed by atoms with Crippen molar-refractivity contribution >= 4 is 28.2 Å². The number of nitrogens with zero attached hydrogens (tertiary/aromatic N) is 3. The van der Waals surface area contributed by atoms with Gasteiger partial charge < -0.3 is 9.88 Å². The van der Waals surface area contributed by atoms with Crippen molar-refractivity contribution in [2.75, 3.05) is 6.54 Å². The summed E-state index contributed by atoms with van der Waals surface area (Å²) in [7, 11) is 0. The van der Waals surface area contributed by atoms with E-state index in [1.54, 1.807) is 6.20 Å². The van der Waals surface area contributed by atoms with E-state index in [9.17, 15) is 0 Å². The molecule has 0 aromatic carbocycles. The van der Waals surface area contributed by atoms with Gasteiger partial charge in [0, 0.05) is 59.5 Å². The van der Waals surface area contributed by atoms with E-state index in [4.69, 9.17) is 11.6 Å². The molecule has 1 fully saturated rings. The van der Waals surface area contributed by atoms with Crippen molar-refractivity contribution in [3.63, 3.8) is 0 Å². The second-order valence-electron chi connectivity index (χ2n) is 7.63. The fraction of sp³-hybridized carbons (Fsp3) is 0.304. The molecule has 5 rings (SSSR count). The number of aromatic amines is 1. The number of nitrogens with one attached hydrogen (secondary N) is 1. The zero-order valence-corrected chi connectivity index (χ0v) is 16.5. The van der Waals surface area contributed by atoms with Gasteiger partial charge >= 0.3 is 0 Å². The number of H-pyrrole nitrogens is 1. The highest BCUT2D eigenvalue weighted by Crippen LogP contribution is 2.34. The van der Waals surface area contributed by atoms with Crippen LogP contribution in [0.5, 0.6) is 0 Å². The predicted octanol–water partition coefficient (Wildman–Crippen LogP) is 5.74. The fourth-order valence-corrected chi connectivity index (χ4v) is 4.72. The molecule has 0 radical (unpaired) electrons. The van der Waals surface area contributed by atoms with E-state index in [0.29, 0.717) is 6.04 Å². The SMILES string of the molecule is ClC1=CC(c2c[nH]c3ncc(-c4cccnc4)cc23)=CCN1C1CCCCC1. The molecule has 28 heavy (non-hydrogen) atoms. The van der Waals surface area contributed by atoms with Crippen LogP contribution < -0.4 is 0 Å². The van der Waals surface area contributed by atoms with Crippen molar-refractivity contribution in [2.24, 2.45) is 0 Å². The molecular formula is C23H23ClN4. The molecule has 4 heterocycles. The summed E-state index contributed by atoms with van der Waals surface area (Å²) in [5.74, 6) is 0. The molecule has 3 aromatic rings. The molecule has 1 N–H and O–H groups in total. The van der Waals surface area contributed by atoms with E-state index >= 15 is 0 Å². The standard InChI is InChI=1S/C23H23ClN4/c24-22-12-16(8-10-28(22)19-6-2-1-3-7-19)21-15-27-23-20(21)11-18(14-26-23)17-5-4-9-25-13-17/h4-5,8-9,11-15,19H,1-3,6-7,10H2,(H,26,27). The van der Waals surface area contributed by atoms with Crippen LogP contribution in [0.3, 0.4) is 0 Å². The van der Waals surface area contributed by atoms with Crippen LogP contribution in [0.4, 0.5) is 0 Å². The van der Waals surface area contributed by atoms with Gasteiger partial charge in [-0.1, -0.05) is 43.0 Å². The molecule has 1 aliphatic heterocycles. The number of hydrogen-bond donors (Lipinski definition) is 1. The van der Waals surface area contributed by atoms with Crippen molar-refractivity contribution in [1.29, 1.82) is 0 Å². The lowest BCUT2D eigenvalue weighted by Crippen LogP contribution is -2.36. The van der Waals surface area contributed by atoms with Crippen LogP contribution >= 0.6 is 11.6 Å². The van der Waals surface area contributed by atoms with Crippen LogP contribution in [0.15, 0.2) is 60.3 Å². The minimum absolute atomic E-state index is 0.581. The summed E-state index contributed by atoms with van der Waals surface area (Å²) < 4.78 is 0. The summed E-state index contributed by atoms with van der Waals surface area (Å²) in [6, 6.07) is 6.77. The van der Waals surface area contributed by atoms with Gasteiger partial charge in [-0.15, -0.1) is 0 Å². The summed E-state index contributed by atoms with van der Waals surface area (Å²) in [5, 5.41) is 1.97. The Balaban J connectivity index is 1.47. The van der Waals surface area contributed by atoms with Crippen molar-refractivity contribution in [3.8, 4) is 11.1 Å². The smallest absolute Gasteiger partial charge is 0.137 e. The van der Waals surface area contributed by atoms with E-state index in [0.717, 1.165) is 45.0 Å². The summed E-state index contributed by atoms with van der Waals surface area (Å²) >= 11 is 6.72. The van der Waals surface area contributed by atoms with E-state index < -0.39 is 0 Å². The van der Waals surface area contributed by atoms with Gasteiger partial charge in [-0.2, -0.15) is 0 Å². The lowest BCUT2D eigenvalue weighted by Gasteiger charge is -2.36. The molecule has 2 aliphatic rings. The topological polar surface area (TPSA) is 44.8 Å². The van der Waals surface area contributed by atoms with Gasteiger partial charge in [-0.05, 0) is 36.6 Å². The highest BCUT2D eigenvalue weighted by atomic mass is 35.5. The third-order valence-corrected chi connectivity index (χ3v) is 6.24. The third-order valence-electron chi connectivity index (χ3n) is 5.91. The molecule has 3 aromatic heterocycles. The van der Waals surface area contributed by atoms with E-state index in [2.05, 4.69) is 44.1 Å². The first-order valence-electron chi connectivity index (χ1n) is 10.0. The van der Waals surface area contributed by atoms with Gasteiger partial charge in [0.15, 0.2) is 0 Å². The Hall–Kier alpha value is -2.59. The number of aromatic nitrogens is 3. The number of fused-ring (bicyclic) bond motifs is 1. The molecule has 4 nitrogen and oxygen atoms in total. The molecule has 0 atom stereocenters. The van der Waals surface area contributed by atoms with Crippen LogP contribution in [-0.2, 0) is 0 Å².